The van der Waals surface area contributed by atoms with Gasteiger partial charge in [0.05, 0.1) is 4.92 Å². The van der Waals surface area contributed by atoms with Gasteiger partial charge in [0.1, 0.15) is 0 Å². The molecule has 3 aliphatic rings. The Bertz CT molecular complexity index is 662. The number of fused-ring (bicyclic) bond motifs is 5. The highest BCUT2D eigenvalue weighted by molar-refractivity contribution is 5.78. The van der Waals surface area contributed by atoms with E-state index in [-0.39, 0.29) is 30.0 Å². The van der Waals surface area contributed by atoms with Gasteiger partial charge in [-0.15, -0.1) is 0 Å². The normalized spacial score (nSPS) is 33.2. The largest absolute Gasteiger partial charge is 0.477 e. The van der Waals surface area contributed by atoms with Crippen LogP contribution in [-0.4, -0.2) is 23.5 Å². The molecule has 1 N–H and O–H groups in total. The molecular weight excluding hydrogens is 308 g/mol. The van der Waals surface area contributed by atoms with Crippen LogP contribution in [0.2, 0.25) is 0 Å². The number of nitro benzene ring substituents is 1. The summed E-state index contributed by atoms with van der Waals surface area (Å²) in [7, 11) is 0. The van der Waals surface area contributed by atoms with Crippen molar-refractivity contribution in [1.82, 2.24) is 5.32 Å². The summed E-state index contributed by atoms with van der Waals surface area (Å²) in [6, 6.07) is 6.40. The molecule has 1 amide bonds. The van der Waals surface area contributed by atoms with Crippen molar-refractivity contribution in [2.24, 2.45) is 23.7 Å². The predicted octanol–water partition coefficient (Wildman–Crippen LogP) is 2.91. The van der Waals surface area contributed by atoms with Crippen molar-refractivity contribution < 1.29 is 14.5 Å². The van der Waals surface area contributed by atoms with Gasteiger partial charge < -0.3 is 10.1 Å². The summed E-state index contributed by atoms with van der Waals surface area (Å²) in [5, 5.41) is 14.1. The number of para-hydroxylation sites is 2. The van der Waals surface area contributed by atoms with E-state index in [1.165, 1.54) is 37.8 Å². The lowest BCUT2D eigenvalue weighted by Gasteiger charge is -2.32. The van der Waals surface area contributed by atoms with E-state index in [4.69, 9.17) is 4.74 Å². The van der Waals surface area contributed by atoms with Crippen LogP contribution in [0.3, 0.4) is 0 Å². The van der Waals surface area contributed by atoms with Gasteiger partial charge in [-0.1, -0.05) is 18.6 Å². The second-order valence-corrected chi connectivity index (χ2v) is 7.34. The quantitative estimate of drug-likeness (QED) is 0.665. The summed E-state index contributed by atoms with van der Waals surface area (Å²) in [5.41, 5.74) is -0.112. The summed E-state index contributed by atoms with van der Waals surface area (Å²) >= 11 is 0. The summed E-state index contributed by atoms with van der Waals surface area (Å²) in [6.07, 6.45) is 6.36. The molecule has 1 aromatic carbocycles. The van der Waals surface area contributed by atoms with Gasteiger partial charge in [0, 0.05) is 12.1 Å². The third-order valence-electron chi connectivity index (χ3n) is 6.20. The van der Waals surface area contributed by atoms with E-state index >= 15 is 0 Å². The fourth-order valence-corrected chi connectivity index (χ4v) is 5.36. The van der Waals surface area contributed by atoms with Gasteiger partial charge in [-0.25, -0.2) is 0 Å². The number of benzene rings is 1. The number of carbonyl (C=O) groups excluding carboxylic acids is 1. The maximum atomic E-state index is 12.2. The average Bonchev–Trinajstić information content (AvgIpc) is 3.25. The summed E-state index contributed by atoms with van der Waals surface area (Å²) in [6.45, 7) is -0.174. The number of hydrogen-bond acceptors (Lipinski definition) is 4. The van der Waals surface area contributed by atoms with Gasteiger partial charge in [0.2, 0.25) is 0 Å². The van der Waals surface area contributed by atoms with Gasteiger partial charge >= 0.3 is 5.69 Å². The van der Waals surface area contributed by atoms with E-state index in [0.29, 0.717) is 5.92 Å². The molecule has 5 atom stereocenters. The highest BCUT2D eigenvalue weighted by Gasteiger charge is 2.53. The van der Waals surface area contributed by atoms with Crippen LogP contribution in [0.25, 0.3) is 0 Å². The first-order valence-electron chi connectivity index (χ1n) is 8.79. The predicted molar refractivity (Wildman–Crippen MR) is 87.6 cm³/mol. The van der Waals surface area contributed by atoms with Crippen LogP contribution in [0.5, 0.6) is 5.75 Å². The molecule has 6 heteroatoms. The monoisotopic (exact) mass is 330 g/mol. The molecule has 24 heavy (non-hydrogen) atoms. The fourth-order valence-electron chi connectivity index (χ4n) is 5.36. The van der Waals surface area contributed by atoms with Crippen molar-refractivity contribution in [3.8, 4) is 5.75 Å². The van der Waals surface area contributed by atoms with Crippen LogP contribution in [0.15, 0.2) is 24.3 Å². The lowest BCUT2D eigenvalue weighted by atomic mass is 9.79. The number of amides is 1. The Labute approximate surface area is 140 Å². The molecule has 0 radical (unpaired) electrons. The molecule has 0 aliphatic heterocycles. The molecule has 0 heterocycles. The minimum absolute atomic E-state index is 0.112. The Hall–Kier alpha value is -2.11. The minimum Gasteiger partial charge on any atom is -0.477 e. The minimum atomic E-state index is -0.497. The molecule has 2 bridgehead atoms. The van der Waals surface area contributed by atoms with Gasteiger partial charge in [0.25, 0.3) is 5.91 Å². The van der Waals surface area contributed by atoms with Crippen molar-refractivity contribution in [2.45, 2.75) is 38.1 Å². The molecule has 3 fully saturated rings. The van der Waals surface area contributed by atoms with E-state index in [0.717, 1.165) is 24.2 Å². The molecule has 128 valence electrons. The molecule has 3 saturated carbocycles. The molecule has 6 nitrogen and oxygen atoms in total. The smallest absolute Gasteiger partial charge is 0.310 e. The van der Waals surface area contributed by atoms with Crippen molar-refractivity contribution in [3.05, 3.63) is 34.4 Å². The van der Waals surface area contributed by atoms with E-state index in [1.54, 1.807) is 12.1 Å². The molecule has 3 aliphatic carbocycles. The molecule has 4 rings (SSSR count). The number of rotatable bonds is 5. The zero-order chi connectivity index (χ0) is 16.7. The summed E-state index contributed by atoms with van der Waals surface area (Å²) in [5.74, 6) is 3.06. The lowest BCUT2D eigenvalue weighted by Crippen LogP contribution is -2.44. The van der Waals surface area contributed by atoms with Crippen LogP contribution in [0.4, 0.5) is 5.69 Å². The number of ether oxygens (including phenoxy) is 1. The molecular formula is C18H22N2O4. The Kier molecular flexibility index (Phi) is 3.90. The van der Waals surface area contributed by atoms with Crippen molar-refractivity contribution >= 4 is 11.6 Å². The third-order valence-corrected chi connectivity index (χ3v) is 6.20. The second-order valence-electron chi connectivity index (χ2n) is 7.34. The van der Waals surface area contributed by atoms with Gasteiger partial charge in [-0.3, -0.25) is 14.9 Å². The topological polar surface area (TPSA) is 81.5 Å². The van der Waals surface area contributed by atoms with Crippen LogP contribution in [0, 0.1) is 33.8 Å². The van der Waals surface area contributed by atoms with Crippen LogP contribution in [-0.2, 0) is 4.79 Å². The maximum Gasteiger partial charge on any atom is 0.310 e. The van der Waals surface area contributed by atoms with Crippen molar-refractivity contribution in [1.29, 1.82) is 0 Å². The number of carbonyl (C=O) groups is 1. The van der Waals surface area contributed by atoms with Crippen molar-refractivity contribution in [2.75, 3.05) is 6.61 Å². The zero-order valence-electron chi connectivity index (χ0n) is 13.5. The highest BCUT2D eigenvalue weighted by atomic mass is 16.6. The Morgan fingerprint density at radius 3 is 2.83 bits per heavy atom. The molecule has 0 unspecified atom stereocenters. The van der Waals surface area contributed by atoms with E-state index in [2.05, 4.69) is 5.32 Å². The lowest BCUT2D eigenvalue weighted by molar-refractivity contribution is -0.385. The molecule has 1 aromatic rings. The first kappa shape index (κ1) is 15.4. The number of hydrogen-bond donors (Lipinski definition) is 1. The first-order valence-corrected chi connectivity index (χ1v) is 8.79. The molecule has 0 spiro atoms. The highest BCUT2D eigenvalue weighted by Crippen LogP contribution is 2.58. The summed E-state index contributed by atoms with van der Waals surface area (Å²) < 4.78 is 5.38. The Balaban J connectivity index is 1.33. The van der Waals surface area contributed by atoms with Crippen LogP contribution >= 0.6 is 0 Å². The number of nitrogens with zero attached hydrogens (tertiary/aromatic N) is 1. The molecule has 0 aromatic heterocycles. The van der Waals surface area contributed by atoms with E-state index < -0.39 is 4.92 Å². The third kappa shape index (κ3) is 2.64. The maximum absolute atomic E-state index is 12.2. The van der Waals surface area contributed by atoms with Gasteiger partial charge in [-0.05, 0) is 55.4 Å². The Morgan fingerprint density at radius 2 is 2.00 bits per heavy atom. The SMILES string of the molecule is O=C(COc1ccccc1[N+](=O)[O-])N[C@@H]1C[C@H]2C[C@H]1[C@@H]1CCC[C@@H]21. The van der Waals surface area contributed by atoms with E-state index in [1.807, 2.05) is 0 Å². The van der Waals surface area contributed by atoms with Crippen molar-refractivity contribution in [3.63, 3.8) is 0 Å². The van der Waals surface area contributed by atoms with Crippen LogP contribution < -0.4 is 10.1 Å². The zero-order valence-corrected chi connectivity index (χ0v) is 13.5. The standard InChI is InChI=1S/C18H22N2O4/c21-18(10-24-17-7-2-1-6-16(17)20(22)23)19-15-9-11-8-14(15)13-5-3-4-12(11)13/h1-2,6-7,11-15H,3-5,8-10H2,(H,19,21)/t11-,12+,13-,14+,15-/m1/s1. The summed E-state index contributed by atoms with van der Waals surface area (Å²) in [4.78, 5) is 22.7. The van der Waals surface area contributed by atoms with Crippen LogP contribution in [0.1, 0.15) is 32.1 Å². The number of nitro groups is 1. The fraction of sp³-hybridized carbons (Fsp3) is 0.611. The van der Waals surface area contributed by atoms with Gasteiger partial charge in [-0.2, -0.15) is 0 Å². The Morgan fingerprint density at radius 1 is 1.21 bits per heavy atom. The van der Waals surface area contributed by atoms with Gasteiger partial charge in [0.15, 0.2) is 12.4 Å². The second kappa shape index (κ2) is 6.07. The first-order chi connectivity index (χ1) is 11.6. The number of nitrogens with one attached hydrogen (secondary N) is 1. The van der Waals surface area contributed by atoms with E-state index in [9.17, 15) is 14.9 Å². The molecule has 0 saturated heterocycles. The average molecular weight is 330 g/mol.